The van der Waals surface area contributed by atoms with E-state index in [4.69, 9.17) is 18.9 Å². The zero-order valence-corrected chi connectivity index (χ0v) is 12.8. The lowest BCUT2D eigenvalue weighted by Gasteiger charge is -2.16. The van der Waals surface area contributed by atoms with Gasteiger partial charge in [0.25, 0.3) is 0 Å². The molecular weight excluding hydrogens is 244 g/mol. The molecule has 1 aliphatic rings. The molecule has 0 aromatic heterocycles. The van der Waals surface area contributed by atoms with Crippen LogP contribution in [-0.4, -0.2) is 39.0 Å². The quantitative estimate of drug-likeness (QED) is 0.427. The Morgan fingerprint density at radius 1 is 1.05 bits per heavy atom. The first-order chi connectivity index (χ1) is 9.14. The Labute approximate surface area is 117 Å². The first-order valence-electron chi connectivity index (χ1n) is 7.52. The summed E-state index contributed by atoms with van der Waals surface area (Å²) < 4.78 is 21.4. The Balaban J connectivity index is 1.79. The van der Waals surface area contributed by atoms with Crippen LogP contribution in [-0.2, 0) is 18.9 Å². The molecule has 0 aromatic carbocycles. The lowest BCUT2D eigenvalue weighted by Crippen LogP contribution is -2.21. The second-order valence-electron chi connectivity index (χ2n) is 5.68. The molecule has 1 saturated heterocycles. The normalized spacial score (nSPS) is 21.9. The number of methoxy groups -OCH3 is 1. The first-order valence-corrected chi connectivity index (χ1v) is 7.52. The highest BCUT2D eigenvalue weighted by Gasteiger charge is 2.31. The number of hydrogen-bond donors (Lipinski definition) is 0. The molecule has 1 aliphatic heterocycles. The fourth-order valence-electron chi connectivity index (χ4n) is 2.33. The molecule has 4 heteroatoms. The lowest BCUT2D eigenvalue weighted by molar-refractivity contribution is -0.139. The molecular formula is C15H30O4. The van der Waals surface area contributed by atoms with Crippen LogP contribution in [0.5, 0.6) is 0 Å². The number of unbranched alkanes of at least 4 members (excludes halogenated alkanes) is 5. The number of ether oxygens (including phenoxy) is 4. The molecule has 1 unspecified atom stereocenters. The molecule has 1 heterocycles. The van der Waals surface area contributed by atoms with E-state index in [0.29, 0.717) is 12.9 Å². The zero-order chi connectivity index (χ0) is 14.0. The molecule has 1 atom stereocenters. The maximum absolute atomic E-state index is 5.78. The van der Waals surface area contributed by atoms with Crippen LogP contribution < -0.4 is 0 Å². The van der Waals surface area contributed by atoms with Gasteiger partial charge >= 0.3 is 0 Å². The average Bonchev–Trinajstić information content (AvgIpc) is 2.71. The number of rotatable bonds is 11. The highest BCUT2D eigenvalue weighted by Crippen LogP contribution is 2.25. The molecule has 1 fully saturated rings. The van der Waals surface area contributed by atoms with Crippen molar-refractivity contribution in [2.75, 3.05) is 27.1 Å². The molecule has 4 nitrogen and oxygen atoms in total. The molecule has 0 spiro atoms. The molecule has 0 aliphatic carbocycles. The van der Waals surface area contributed by atoms with E-state index in [-0.39, 0.29) is 5.79 Å². The Morgan fingerprint density at radius 3 is 2.37 bits per heavy atom. The summed E-state index contributed by atoms with van der Waals surface area (Å²) >= 11 is 0. The maximum Gasteiger partial charge on any atom is 0.163 e. The predicted molar refractivity (Wildman–Crippen MR) is 75.1 cm³/mol. The third-order valence-corrected chi connectivity index (χ3v) is 3.33. The SMILES string of the molecule is COCOCCCCCCCCC1COC(C)(C)O1. The minimum absolute atomic E-state index is 0.303. The van der Waals surface area contributed by atoms with Crippen molar-refractivity contribution in [2.24, 2.45) is 0 Å². The summed E-state index contributed by atoms with van der Waals surface area (Å²) in [5.41, 5.74) is 0. The van der Waals surface area contributed by atoms with E-state index < -0.39 is 0 Å². The van der Waals surface area contributed by atoms with Gasteiger partial charge in [-0.25, -0.2) is 0 Å². The van der Waals surface area contributed by atoms with Gasteiger partial charge in [-0.2, -0.15) is 0 Å². The average molecular weight is 274 g/mol. The fraction of sp³-hybridized carbons (Fsp3) is 1.00. The molecule has 0 amide bonds. The Hall–Kier alpha value is -0.160. The standard InChI is InChI=1S/C15H30O4/c1-15(2)18-12-14(19-15)10-8-6-4-5-7-9-11-17-13-16-3/h14H,4-13H2,1-3H3. The first kappa shape index (κ1) is 16.9. The Bertz CT molecular complexity index is 218. The van der Waals surface area contributed by atoms with E-state index >= 15 is 0 Å². The second kappa shape index (κ2) is 9.70. The van der Waals surface area contributed by atoms with Gasteiger partial charge in [0.2, 0.25) is 0 Å². The summed E-state index contributed by atoms with van der Waals surface area (Å²) in [6.07, 6.45) is 8.95. The summed E-state index contributed by atoms with van der Waals surface area (Å²) in [7, 11) is 1.65. The van der Waals surface area contributed by atoms with Gasteiger partial charge in [0.15, 0.2) is 5.79 Å². The Morgan fingerprint density at radius 2 is 1.74 bits per heavy atom. The van der Waals surface area contributed by atoms with Gasteiger partial charge in [0, 0.05) is 13.7 Å². The van der Waals surface area contributed by atoms with Crippen LogP contribution in [0.2, 0.25) is 0 Å². The van der Waals surface area contributed by atoms with E-state index in [1.807, 2.05) is 13.8 Å². The summed E-state index contributed by atoms with van der Waals surface area (Å²) in [6.45, 7) is 5.96. The van der Waals surface area contributed by atoms with Crippen LogP contribution in [0, 0.1) is 0 Å². The smallest absolute Gasteiger partial charge is 0.163 e. The molecule has 0 bridgehead atoms. The van der Waals surface area contributed by atoms with E-state index in [0.717, 1.165) is 26.1 Å². The maximum atomic E-state index is 5.78. The molecule has 0 saturated carbocycles. The minimum atomic E-state index is -0.368. The minimum Gasteiger partial charge on any atom is -0.359 e. The fourth-order valence-corrected chi connectivity index (χ4v) is 2.33. The van der Waals surface area contributed by atoms with Crippen LogP contribution in [0.4, 0.5) is 0 Å². The molecule has 114 valence electrons. The van der Waals surface area contributed by atoms with Gasteiger partial charge in [-0.3, -0.25) is 0 Å². The van der Waals surface area contributed by atoms with Gasteiger partial charge in [-0.1, -0.05) is 32.1 Å². The van der Waals surface area contributed by atoms with Gasteiger partial charge < -0.3 is 18.9 Å². The van der Waals surface area contributed by atoms with Gasteiger partial charge in [-0.05, 0) is 26.7 Å². The highest BCUT2D eigenvalue weighted by molar-refractivity contribution is 4.70. The third-order valence-electron chi connectivity index (χ3n) is 3.33. The summed E-state index contributed by atoms with van der Waals surface area (Å²) in [6, 6.07) is 0. The van der Waals surface area contributed by atoms with Gasteiger partial charge in [0.1, 0.15) is 6.79 Å². The summed E-state index contributed by atoms with van der Waals surface area (Å²) in [5.74, 6) is -0.368. The van der Waals surface area contributed by atoms with Gasteiger partial charge in [0.05, 0.1) is 12.7 Å². The summed E-state index contributed by atoms with van der Waals surface area (Å²) in [5, 5.41) is 0. The van der Waals surface area contributed by atoms with Crippen molar-refractivity contribution in [1.82, 2.24) is 0 Å². The number of hydrogen-bond acceptors (Lipinski definition) is 4. The van der Waals surface area contributed by atoms with E-state index in [9.17, 15) is 0 Å². The van der Waals surface area contributed by atoms with Gasteiger partial charge in [-0.15, -0.1) is 0 Å². The van der Waals surface area contributed by atoms with E-state index in [2.05, 4.69) is 0 Å². The molecule has 0 N–H and O–H groups in total. The van der Waals surface area contributed by atoms with Crippen molar-refractivity contribution in [1.29, 1.82) is 0 Å². The molecule has 19 heavy (non-hydrogen) atoms. The largest absolute Gasteiger partial charge is 0.359 e. The van der Waals surface area contributed by atoms with Crippen molar-refractivity contribution in [3.8, 4) is 0 Å². The third kappa shape index (κ3) is 8.58. The van der Waals surface area contributed by atoms with Crippen LogP contribution in [0.25, 0.3) is 0 Å². The summed E-state index contributed by atoms with van der Waals surface area (Å²) in [4.78, 5) is 0. The zero-order valence-electron chi connectivity index (χ0n) is 12.8. The molecule has 0 radical (unpaired) electrons. The lowest BCUT2D eigenvalue weighted by atomic mass is 10.1. The molecule has 0 aromatic rings. The molecule has 1 rings (SSSR count). The van der Waals surface area contributed by atoms with Crippen LogP contribution >= 0.6 is 0 Å². The highest BCUT2D eigenvalue weighted by atomic mass is 16.7. The van der Waals surface area contributed by atoms with Crippen LogP contribution in [0.15, 0.2) is 0 Å². The van der Waals surface area contributed by atoms with E-state index in [1.54, 1.807) is 7.11 Å². The van der Waals surface area contributed by atoms with Crippen molar-refractivity contribution in [3.63, 3.8) is 0 Å². The monoisotopic (exact) mass is 274 g/mol. The van der Waals surface area contributed by atoms with Crippen LogP contribution in [0.1, 0.15) is 58.8 Å². The van der Waals surface area contributed by atoms with Crippen molar-refractivity contribution >= 4 is 0 Å². The second-order valence-corrected chi connectivity index (χ2v) is 5.68. The topological polar surface area (TPSA) is 36.9 Å². The van der Waals surface area contributed by atoms with Crippen molar-refractivity contribution in [2.45, 2.75) is 70.7 Å². The Kier molecular flexibility index (Phi) is 8.62. The van der Waals surface area contributed by atoms with Crippen molar-refractivity contribution < 1.29 is 18.9 Å². The van der Waals surface area contributed by atoms with Crippen LogP contribution in [0.3, 0.4) is 0 Å². The van der Waals surface area contributed by atoms with E-state index in [1.165, 1.54) is 32.1 Å². The van der Waals surface area contributed by atoms with Crippen molar-refractivity contribution in [3.05, 3.63) is 0 Å². The predicted octanol–water partition coefficient (Wildman–Crippen LogP) is 3.49.